The summed E-state index contributed by atoms with van der Waals surface area (Å²) in [4.78, 5) is 8.44. The summed E-state index contributed by atoms with van der Waals surface area (Å²) in [5.74, 6) is 1.36. The van der Waals surface area contributed by atoms with E-state index in [-0.39, 0.29) is 5.75 Å². The lowest BCUT2D eigenvalue weighted by molar-refractivity contribution is 0.475. The van der Waals surface area contributed by atoms with Gasteiger partial charge in [0.15, 0.2) is 11.6 Å². The molecule has 0 amide bonds. The fourth-order valence-electron chi connectivity index (χ4n) is 2.97. The van der Waals surface area contributed by atoms with Gasteiger partial charge >= 0.3 is 0 Å². The number of phenols is 1. The van der Waals surface area contributed by atoms with E-state index in [4.69, 9.17) is 0 Å². The van der Waals surface area contributed by atoms with Crippen molar-refractivity contribution < 1.29 is 5.11 Å². The van der Waals surface area contributed by atoms with Gasteiger partial charge in [0, 0.05) is 17.3 Å². The maximum atomic E-state index is 10.2. The van der Waals surface area contributed by atoms with E-state index in [2.05, 4.69) is 25.6 Å². The van der Waals surface area contributed by atoms with Gasteiger partial charge < -0.3 is 5.11 Å². The molecule has 27 heavy (non-hydrogen) atoms. The minimum atomic E-state index is 0.172. The fraction of sp³-hybridized carbons (Fsp3) is 0.100. The molecule has 0 saturated carbocycles. The van der Waals surface area contributed by atoms with Crippen molar-refractivity contribution in [1.29, 1.82) is 0 Å². The lowest BCUT2D eigenvalue weighted by Crippen LogP contribution is -2.04. The summed E-state index contributed by atoms with van der Waals surface area (Å²) in [6, 6.07) is 15.1. The molecule has 2 aromatic heterocycles. The molecule has 4 aromatic rings. The molecule has 0 saturated heterocycles. The van der Waals surface area contributed by atoms with Gasteiger partial charge in [-0.1, -0.05) is 30.3 Å². The Bertz CT molecular complexity index is 1150. The van der Waals surface area contributed by atoms with Crippen LogP contribution in [-0.4, -0.2) is 31.1 Å². The number of benzene rings is 2. The van der Waals surface area contributed by atoms with Crippen LogP contribution in [0.4, 0.5) is 5.82 Å². The molecule has 0 fully saturated rings. The molecule has 0 bridgehead atoms. The monoisotopic (exact) mass is 358 g/mol. The highest BCUT2D eigenvalue weighted by molar-refractivity contribution is 6.02. The molecule has 134 valence electrons. The van der Waals surface area contributed by atoms with Gasteiger partial charge in [-0.25, -0.2) is 14.6 Å². The first kappa shape index (κ1) is 16.7. The maximum absolute atomic E-state index is 10.2. The summed E-state index contributed by atoms with van der Waals surface area (Å²) in [6.45, 7) is 3.90. The van der Waals surface area contributed by atoms with Crippen molar-refractivity contribution in [3.05, 3.63) is 71.8 Å². The highest BCUT2D eigenvalue weighted by atomic mass is 16.3. The number of hydrogen-bond donors (Lipinski definition) is 2. The molecule has 2 N–H and O–H groups in total. The van der Waals surface area contributed by atoms with Gasteiger partial charge in [-0.05, 0) is 36.8 Å². The van der Waals surface area contributed by atoms with E-state index in [1.54, 1.807) is 23.0 Å². The summed E-state index contributed by atoms with van der Waals surface area (Å²) >= 11 is 0. The van der Waals surface area contributed by atoms with Gasteiger partial charge in [-0.15, -0.1) is 0 Å². The molecule has 7 heteroatoms. The van der Waals surface area contributed by atoms with Crippen LogP contribution in [0.3, 0.4) is 0 Å². The quantitative estimate of drug-likeness (QED) is 0.430. The number of phenolic OH excluding ortho intramolecular Hbond substituents is 1. The van der Waals surface area contributed by atoms with Gasteiger partial charge in [-0.2, -0.15) is 10.2 Å². The van der Waals surface area contributed by atoms with Crippen LogP contribution in [0.5, 0.6) is 5.75 Å². The van der Waals surface area contributed by atoms with Gasteiger partial charge in [0.05, 0.1) is 11.9 Å². The van der Waals surface area contributed by atoms with Crippen molar-refractivity contribution in [3.63, 3.8) is 0 Å². The highest BCUT2D eigenvalue weighted by Crippen LogP contribution is 2.25. The topological polar surface area (TPSA) is 88.2 Å². The average molecular weight is 358 g/mol. The molecule has 2 aromatic carbocycles. The fourth-order valence-corrected chi connectivity index (χ4v) is 2.97. The Morgan fingerprint density at radius 3 is 2.74 bits per heavy atom. The van der Waals surface area contributed by atoms with Gasteiger partial charge in [0.1, 0.15) is 12.1 Å². The lowest BCUT2D eigenvalue weighted by Gasteiger charge is -2.06. The molecule has 0 aliphatic rings. The molecule has 0 aliphatic carbocycles. The minimum absolute atomic E-state index is 0.172. The van der Waals surface area contributed by atoms with Crippen molar-refractivity contribution in [2.75, 3.05) is 5.43 Å². The largest absolute Gasteiger partial charge is 0.507 e. The molecule has 0 atom stereocenters. The molecule has 0 spiro atoms. The van der Waals surface area contributed by atoms with Crippen molar-refractivity contribution in [2.45, 2.75) is 13.8 Å². The van der Waals surface area contributed by atoms with Crippen LogP contribution in [0.25, 0.3) is 16.6 Å². The van der Waals surface area contributed by atoms with Gasteiger partial charge in [0.2, 0.25) is 0 Å². The van der Waals surface area contributed by atoms with Crippen molar-refractivity contribution in [1.82, 2.24) is 19.7 Å². The third kappa shape index (κ3) is 3.35. The molecule has 0 radical (unpaired) electrons. The van der Waals surface area contributed by atoms with E-state index in [1.165, 1.54) is 6.33 Å². The Hall–Kier alpha value is -3.74. The second-order valence-electron chi connectivity index (χ2n) is 6.19. The number of hydrazone groups is 1. The highest BCUT2D eigenvalue weighted by Gasteiger charge is 2.07. The number of hydrogen-bond acceptors (Lipinski definition) is 6. The average Bonchev–Trinajstić information content (AvgIpc) is 3.02. The van der Waals surface area contributed by atoms with Crippen LogP contribution in [-0.2, 0) is 0 Å². The SMILES string of the molecule is Cc1cc(C)n(-c2cc(N/N=C\c3c(O)ccc4ccccc34)ncn2)n1. The smallest absolute Gasteiger partial charge is 0.159 e. The molecular formula is C20H18N6O. The summed E-state index contributed by atoms with van der Waals surface area (Å²) < 4.78 is 1.75. The van der Waals surface area contributed by atoms with Crippen LogP contribution in [0, 0.1) is 13.8 Å². The minimum Gasteiger partial charge on any atom is -0.507 e. The number of aromatic nitrogens is 4. The van der Waals surface area contributed by atoms with Crippen molar-refractivity contribution >= 4 is 22.8 Å². The van der Waals surface area contributed by atoms with Crippen LogP contribution in [0.2, 0.25) is 0 Å². The first-order valence-corrected chi connectivity index (χ1v) is 8.47. The summed E-state index contributed by atoms with van der Waals surface area (Å²) in [5.41, 5.74) is 5.44. The van der Waals surface area contributed by atoms with Gasteiger partial charge in [0.25, 0.3) is 0 Å². The number of nitrogens with one attached hydrogen (secondary N) is 1. The Labute approximate surface area is 156 Å². The molecular weight excluding hydrogens is 340 g/mol. The number of aryl methyl sites for hydroxylation is 2. The van der Waals surface area contributed by atoms with Crippen LogP contribution in [0.1, 0.15) is 17.0 Å². The molecule has 7 nitrogen and oxygen atoms in total. The Morgan fingerprint density at radius 1 is 1.07 bits per heavy atom. The number of aromatic hydroxyl groups is 1. The number of nitrogens with zero attached hydrogens (tertiary/aromatic N) is 5. The third-order valence-corrected chi connectivity index (χ3v) is 4.20. The van der Waals surface area contributed by atoms with Gasteiger partial charge in [-0.3, -0.25) is 5.43 Å². The number of anilines is 1. The van der Waals surface area contributed by atoms with E-state index in [0.717, 1.165) is 22.2 Å². The van der Waals surface area contributed by atoms with Crippen molar-refractivity contribution in [2.24, 2.45) is 5.10 Å². The molecule has 0 aliphatic heterocycles. The number of rotatable bonds is 4. The zero-order chi connectivity index (χ0) is 18.8. The predicted molar refractivity (Wildman–Crippen MR) is 105 cm³/mol. The molecule has 4 rings (SSSR count). The zero-order valence-corrected chi connectivity index (χ0v) is 15.0. The summed E-state index contributed by atoms with van der Waals surface area (Å²) in [5, 5.41) is 20.8. The van der Waals surface area contributed by atoms with E-state index in [0.29, 0.717) is 17.2 Å². The summed E-state index contributed by atoms with van der Waals surface area (Å²) in [6.07, 6.45) is 3.04. The van der Waals surface area contributed by atoms with E-state index >= 15 is 0 Å². The van der Waals surface area contributed by atoms with E-state index in [9.17, 15) is 5.11 Å². The Morgan fingerprint density at radius 2 is 1.93 bits per heavy atom. The molecule has 0 unspecified atom stereocenters. The second-order valence-corrected chi connectivity index (χ2v) is 6.19. The Kier molecular flexibility index (Phi) is 4.25. The summed E-state index contributed by atoms with van der Waals surface area (Å²) in [7, 11) is 0. The van der Waals surface area contributed by atoms with Crippen molar-refractivity contribution in [3.8, 4) is 11.6 Å². The normalized spacial score (nSPS) is 11.3. The van der Waals surface area contributed by atoms with E-state index < -0.39 is 0 Å². The molecule has 2 heterocycles. The third-order valence-electron chi connectivity index (χ3n) is 4.20. The lowest BCUT2D eigenvalue weighted by atomic mass is 10.0. The second kappa shape index (κ2) is 6.87. The first-order chi connectivity index (χ1) is 13.1. The number of fused-ring (bicyclic) bond motifs is 1. The van der Waals surface area contributed by atoms with E-state index in [1.807, 2.05) is 50.2 Å². The zero-order valence-electron chi connectivity index (χ0n) is 15.0. The maximum Gasteiger partial charge on any atom is 0.159 e. The van der Waals surface area contributed by atoms with Crippen LogP contribution >= 0.6 is 0 Å². The standard InChI is InChI=1S/C20H18N6O/c1-13-9-14(2)26(25-13)20-10-19(21-12-22-20)24-23-11-17-16-6-4-3-5-15(16)7-8-18(17)27/h3-12,27H,1-2H3,(H,21,22,24)/b23-11-. The van der Waals surface area contributed by atoms with Crippen LogP contribution < -0.4 is 5.43 Å². The first-order valence-electron chi connectivity index (χ1n) is 8.47. The predicted octanol–water partition coefficient (Wildman–Crippen LogP) is 3.58. The van der Waals surface area contributed by atoms with Crippen LogP contribution in [0.15, 0.2) is 60.0 Å². The Balaban J connectivity index is 1.60.